The average Bonchev–Trinajstić information content (AvgIpc) is 3.06. The number of nitrogens with one attached hydrogen (secondary N) is 1. The van der Waals surface area contributed by atoms with Crippen molar-refractivity contribution in [3.8, 4) is 0 Å². The van der Waals surface area contributed by atoms with Gasteiger partial charge in [-0.15, -0.1) is 0 Å². The van der Waals surface area contributed by atoms with Crippen molar-refractivity contribution in [3.63, 3.8) is 0 Å². The molecule has 3 atom stereocenters. The van der Waals surface area contributed by atoms with Crippen LogP contribution in [0.25, 0.3) is 11.2 Å². The van der Waals surface area contributed by atoms with Gasteiger partial charge in [0.15, 0.2) is 5.82 Å². The van der Waals surface area contributed by atoms with Crippen LogP contribution >= 0.6 is 7.82 Å². The number of aromatic amines is 1. The number of aliphatic hydroxyl groups is 1. The van der Waals surface area contributed by atoms with Gasteiger partial charge in [-0.05, 0) is 0 Å². The molecule has 0 spiro atoms. The highest BCUT2D eigenvalue weighted by Gasteiger charge is 2.37. The van der Waals surface area contributed by atoms with Crippen LogP contribution in [0.2, 0.25) is 0 Å². The normalized spacial score (nSPS) is 24.1. The molecule has 1 saturated heterocycles. The Labute approximate surface area is 141 Å². The Kier molecular flexibility index (Phi) is 4.66. The minimum absolute atomic E-state index is 0.141. The molecule has 4 N–H and O–H groups in total. The lowest BCUT2D eigenvalue weighted by Crippen LogP contribution is -2.26. The first-order valence-electron chi connectivity index (χ1n) is 7.33. The molecule has 138 valence electrons. The van der Waals surface area contributed by atoms with Gasteiger partial charge in [-0.3, -0.25) is 14.1 Å². The van der Waals surface area contributed by atoms with Crippen molar-refractivity contribution in [1.29, 1.82) is 0 Å². The SMILES string of the molecule is CN(C)c1nc(=O)[nH]c2c1ncn2[C@H]1C[C@H](O)[C@@H](COP(=O)(O)O)O1. The second kappa shape index (κ2) is 6.48. The van der Waals surface area contributed by atoms with Crippen molar-refractivity contribution >= 4 is 24.8 Å². The molecule has 3 rings (SSSR count). The van der Waals surface area contributed by atoms with E-state index in [9.17, 15) is 14.5 Å². The first-order valence-corrected chi connectivity index (χ1v) is 8.86. The molecule has 3 heterocycles. The number of hydrogen-bond acceptors (Lipinski definition) is 8. The van der Waals surface area contributed by atoms with E-state index in [1.807, 2.05) is 0 Å². The van der Waals surface area contributed by atoms with E-state index in [0.29, 0.717) is 17.0 Å². The number of rotatable bonds is 5. The van der Waals surface area contributed by atoms with Gasteiger partial charge in [-0.25, -0.2) is 14.3 Å². The topological polar surface area (TPSA) is 163 Å². The molecule has 0 saturated carbocycles. The molecule has 1 aliphatic heterocycles. The molecule has 0 aliphatic carbocycles. The van der Waals surface area contributed by atoms with Gasteiger partial charge in [-0.2, -0.15) is 4.98 Å². The van der Waals surface area contributed by atoms with Crippen LogP contribution in [0.4, 0.5) is 5.82 Å². The smallest absolute Gasteiger partial charge is 0.390 e. The number of aliphatic hydroxyl groups excluding tert-OH is 1. The Morgan fingerprint density at radius 3 is 2.88 bits per heavy atom. The third-order valence-corrected chi connectivity index (χ3v) is 4.27. The van der Waals surface area contributed by atoms with Crippen LogP contribution in [0.5, 0.6) is 0 Å². The van der Waals surface area contributed by atoms with E-state index in [0.717, 1.165) is 0 Å². The molecule has 25 heavy (non-hydrogen) atoms. The molecule has 0 radical (unpaired) electrons. The van der Waals surface area contributed by atoms with E-state index in [4.69, 9.17) is 14.5 Å². The fourth-order valence-corrected chi connectivity index (χ4v) is 3.00. The monoisotopic (exact) mass is 375 g/mol. The number of phosphoric acid groups is 1. The molecule has 2 aromatic rings. The molecule has 0 bridgehead atoms. The lowest BCUT2D eigenvalue weighted by molar-refractivity contribution is -0.0424. The van der Waals surface area contributed by atoms with Crippen molar-refractivity contribution in [1.82, 2.24) is 19.5 Å². The summed E-state index contributed by atoms with van der Waals surface area (Å²) < 4.78 is 22.3. The van der Waals surface area contributed by atoms with Gasteiger partial charge in [0, 0.05) is 20.5 Å². The first-order chi connectivity index (χ1) is 11.7. The molecular weight excluding hydrogens is 357 g/mol. The van der Waals surface area contributed by atoms with Crippen LogP contribution in [0.3, 0.4) is 0 Å². The Hall–Kier alpha value is -1.82. The summed E-state index contributed by atoms with van der Waals surface area (Å²) in [5.41, 5.74) is 0.271. The number of nitrogens with zero attached hydrogens (tertiary/aromatic N) is 4. The Morgan fingerprint density at radius 1 is 1.52 bits per heavy atom. The number of fused-ring (bicyclic) bond motifs is 1. The van der Waals surface area contributed by atoms with E-state index in [2.05, 4.69) is 19.5 Å². The second-order valence-corrected chi connectivity index (χ2v) is 7.07. The fraction of sp³-hybridized carbons (Fsp3) is 0.583. The first kappa shape index (κ1) is 18.0. The summed E-state index contributed by atoms with van der Waals surface area (Å²) in [7, 11) is -1.20. The minimum atomic E-state index is -4.66. The quantitative estimate of drug-likeness (QED) is 0.474. The maximum Gasteiger partial charge on any atom is 0.469 e. The van der Waals surface area contributed by atoms with E-state index in [1.54, 1.807) is 19.0 Å². The van der Waals surface area contributed by atoms with Crippen LogP contribution in [0.15, 0.2) is 11.1 Å². The standard InChI is InChI=1S/C12H18N5O7P/c1-16(2)10-9-11(15-12(19)14-10)17(5-13-9)8-3-6(18)7(24-8)4-23-25(20,21)22/h5-8,18H,3-4H2,1-2H3,(H,14,15,19)(H2,20,21,22)/t6-,7+,8+/m0/s1. The van der Waals surface area contributed by atoms with Gasteiger partial charge >= 0.3 is 13.5 Å². The van der Waals surface area contributed by atoms with Gasteiger partial charge in [0.2, 0.25) is 0 Å². The number of phosphoric ester groups is 1. The predicted molar refractivity (Wildman–Crippen MR) is 85.0 cm³/mol. The predicted octanol–water partition coefficient (Wildman–Crippen LogP) is -1.06. The van der Waals surface area contributed by atoms with Crippen molar-refractivity contribution in [2.75, 3.05) is 25.6 Å². The zero-order valence-electron chi connectivity index (χ0n) is 13.4. The highest BCUT2D eigenvalue weighted by molar-refractivity contribution is 7.46. The van der Waals surface area contributed by atoms with Gasteiger partial charge < -0.3 is 24.5 Å². The lowest BCUT2D eigenvalue weighted by Gasteiger charge is -2.16. The van der Waals surface area contributed by atoms with Crippen molar-refractivity contribution in [3.05, 3.63) is 16.8 Å². The van der Waals surface area contributed by atoms with Crippen LogP contribution in [-0.4, -0.2) is 67.3 Å². The highest BCUT2D eigenvalue weighted by atomic mass is 31.2. The molecule has 1 fully saturated rings. The summed E-state index contributed by atoms with van der Waals surface area (Å²) in [6.45, 7) is -0.463. The Morgan fingerprint density at radius 2 is 2.24 bits per heavy atom. The zero-order valence-corrected chi connectivity index (χ0v) is 14.3. The molecular formula is C12H18N5O7P. The highest BCUT2D eigenvalue weighted by Crippen LogP contribution is 2.38. The van der Waals surface area contributed by atoms with Gasteiger partial charge in [0.1, 0.15) is 23.5 Å². The third-order valence-electron chi connectivity index (χ3n) is 3.78. The maximum absolute atomic E-state index is 11.8. The summed E-state index contributed by atoms with van der Waals surface area (Å²) in [5.74, 6) is 0.387. The summed E-state index contributed by atoms with van der Waals surface area (Å²) in [4.78, 5) is 41.6. The summed E-state index contributed by atoms with van der Waals surface area (Å²) in [6, 6.07) is 0. The van der Waals surface area contributed by atoms with Crippen LogP contribution in [-0.2, 0) is 13.8 Å². The molecule has 13 heteroatoms. The van der Waals surface area contributed by atoms with Gasteiger partial charge in [-0.1, -0.05) is 0 Å². The fourth-order valence-electron chi connectivity index (χ4n) is 2.66. The minimum Gasteiger partial charge on any atom is -0.390 e. The lowest BCUT2D eigenvalue weighted by atomic mass is 10.2. The van der Waals surface area contributed by atoms with E-state index < -0.39 is 38.6 Å². The van der Waals surface area contributed by atoms with Crippen LogP contribution < -0.4 is 10.6 Å². The second-order valence-electron chi connectivity index (χ2n) is 5.83. The van der Waals surface area contributed by atoms with Gasteiger partial charge in [0.05, 0.1) is 19.0 Å². The molecule has 1 aliphatic rings. The summed E-state index contributed by atoms with van der Waals surface area (Å²) in [6.07, 6.45) is -1.01. The number of anilines is 1. The number of ether oxygens (including phenoxy) is 1. The van der Waals surface area contributed by atoms with Crippen LogP contribution in [0.1, 0.15) is 12.6 Å². The van der Waals surface area contributed by atoms with Crippen molar-refractivity contribution < 1.29 is 28.7 Å². The number of imidazole rings is 1. The summed E-state index contributed by atoms with van der Waals surface area (Å²) in [5, 5.41) is 10.0. The van der Waals surface area contributed by atoms with Crippen molar-refractivity contribution in [2.24, 2.45) is 0 Å². The summed E-state index contributed by atoms with van der Waals surface area (Å²) >= 11 is 0. The zero-order chi connectivity index (χ0) is 18.4. The number of hydrogen-bond donors (Lipinski definition) is 4. The Bertz CT molecular complexity index is 874. The van der Waals surface area contributed by atoms with E-state index >= 15 is 0 Å². The van der Waals surface area contributed by atoms with E-state index in [1.165, 1.54) is 10.9 Å². The molecule has 12 nitrogen and oxygen atoms in total. The Balaban J connectivity index is 1.88. The van der Waals surface area contributed by atoms with Crippen LogP contribution in [0, 0.1) is 0 Å². The third kappa shape index (κ3) is 3.73. The van der Waals surface area contributed by atoms with E-state index in [-0.39, 0.29) is 6.42 Å². The molecule has 0 aromatic carbocycles. The molecule has 2 aromatic heterocycles. The molecule has 0 amide bonds. The van der Waals surface area contributed by atoms with Gasteiger partial charge in [0.25, 0.3) is 0 Å². The van der Waals surface area contributed by atoms with Crippen molar-refractivity contribution in [2.45, 2.75) is 24.9 Å². The maximum atomic E-state index is 11.8. The number of H-pyrrole nitrogens is 1. The average molecular weight is 375 g/mol. The largest absolute Gasteiger partial charge is 0.469 e. The molecule has 0 unspecified atom stereocenters. The number of aromatic nitrogens is 4.